The van der Waals surface area contributed by atoms with Crippen LogP contribution in [-0.4, -0.2) is 20.9 Å². The van der Waals surface area contributed by atoms with Gasteiger partial charge in [0.15, 0.2) is 0 Å². The van der Waals surface area contributed by atoms with Gasteiger partial charge in [-0.2, -0.15) is 0 Å². The lowest BCUT2D eigenvalue weighted by atomic mass is 10.2. The highest BCUT2D eigenvalue weighted by molar-refractivity contribution is 7.92. The molecule has 154 valence electrons. The zero-order valence-corrected chi connectivity index (χ0v) is 17.6. The number of carbonyl (C=O) groups excluding carboxylic acids is 1. The van der Waals surface area contributed by atoms with Gasteiger partial charge in [-0.1, -0.05) is 18.2 Å². The van der Waals surface area contributed by atoms with Crippen LogP contribution in [0.1, 0.15) is 18.1 Å². The van der Waals surface area contributed by atoms with Crippen LogP contribution < -0.4 is 14.4 Å². The highest BCUT2D eigenvalue weighted by atomic mass is 32.2. The molecule has 0 radical (unpaired) electrons. The van der Waals surface area contributed by atoms with Gasteiger partial charge >= 0.3 is 0 Å². The van der Waals surface area contributed by atoms with Crippen molar-refractivity contribution in [3.63, 3.8) is 0 Å². The van der Waals surface area contributed by atoms with Gasteiger partial charge in [-0.3, -0.25) is 9.52 Å². The van der Waals surface area contributed by atoms with Gasteiger partial charge in [0.25, 0.3) is 10.0 Å². The molecule has 0 saturated carbocycles. The largest absolute Gasteiger partial charge is 0.457 e. The molecule has 3 aromatic carbocycles. The van der Waals surface area contributed by atoms with Crippen molar-refractivity contribution in [2.75, 3.05) is 16.2 Å². The van der Waals surface area contributed by atoms with Crippen molar-refractivity contribution < 1.29 is 17.9 Å². The van der Waals surface area contributed by atoms with Crippen LogP contribution in [0.3, 0.4) is 0 Å². The lowest BCUT2D eigenvalue weighted by Gasteiger charge is -2.15. The van der Waals surface area contributed by atoms with Crippen molar-refractivity contribution in [3.8, 4) is 11.5 Å². The third-order valence-electron chi connectivity index (χ3n) is 5.06. The topological polar surface area (TPSA) is 75.7 Å². The number of benzene rings is 3. The highest BCUT2D eigenvalue weighted by Gasteiger charge is 2.24. The summed E-state index contributed by atoms with van der Waals surface area (Å²) in [5.74, 6) is 1.33. The van der Waals surface area contributed by atoms with E-state index in [2.05, 4.69) is 4.72 Å². The normalized spacial score (nSPS) is 13.1. The van der Waals surface area contributed by atoms with E-state index in [0.29, 0.717) is 24.4 Å². The number of nitrogens with zero attached hydrogens (tertiary/aromatic N) is 1. The number of sulfonamides is 1. The molecule has 0 atom stereocenters. The molecule has 7 heteroatoms. The number of para-hydroxylation sites is 1. The van der Waals surface area contributed by atoms with Crippen LogP contribution in [0.25, 0.3) is 0 Å². The fourth-order valence-corrected chi connectivity index (χ4v) is 4.58. The highest BCUT2D eigenvalue weighted by Crippen LogP contribution is 2.31. The van der Waals surface area contributed by atoms with E-state index in [1.54, 1.807) is 41.3 Å². The number of aryl methyl sites for hydroxylation is 1. The first kappa shape index (κ1) is 20.0. The molecule has 0 unspecified atom stereocenters. The van der Waals surface area contributed by atoms with Gasteiger partial charge in [0.1, 0.15) is 11.5 Å². The number of amides is 1. The SMILES string of the molecule is CC(=O)N1CCc2cc(S(=O)(=O)Nc3ccc(Oc4ccccc4C)cc3)ccc21. The summed E-state index contributed by atoms with van der Waals surface area (Å²) in [7, 11) is -3.75. The van der Waals surface area contributed by atoms with Gasteiger partial charge in [0.2, 0.25) is 5.91 Å². The predicted octanol–water partition coefficient (Wildman–Crippen LogP) is 4.50. The number of fused-ring (bicyclic) bond motifs is 1. The van der Waals surface area contributed by atoms with E-state index in [1.165, 1.54) is 13.0 Å². The molecule has 0 fully saturated rings. The number of rotatable bonds is 5. The second-order valence-electron chi connectivity index (χ2n) is 7.21. The number of hydrogen-bond acceptors (Lipinski definition) is 4. The summed E-state index contributed by atoms with van der Waals surface area (Å²) in [4.78, 5) is 13.5. The van der Waals surface area contributed by atoms with E-state index >= 15 is 0 Å². The van der Waals surface area contributed by atoms with Crippen LogP contribution in [0.15, 0.2) is 71.6 Å². The van der Waals surface area contributed by atoms with Crippen molar-refractivity contribution in [3.05, 3.63) is 77.9 Å². The minimum Gasteiger partial charge on any atom is -0.457 e. The minimum atomic E-state index is -3.75. The van der Waals surface area contributed by atoms with Crippen molar-refractivity contribution >= 4 is 27.3 Å². The smallest absolute Gasteiger partial charge is 0.261 e. The molecule has 4 rings (SSSR count). The third-order valence-corrected chi connectivity index (χ3v) is 6.44. The first-order valence-electron chi connectivity index (χ1n) is 9.61. The maximum absolute atomic E-state index is 12.8. The van der Waals surface area contributed by atoms with Crippen molar-refractivity contribution in [1.29, 1.82) is 0 Å². The first-order chi connectivity index (χ1) is 14.3. The van der Waals surface area contributed by atoms with Crippen LogP contribution in [0.5, 0.6) is 11.5 Å². The Bertz CT molecular complexity index is 1200. The summed E-state index contributed by atoms with van der Waals surface area (Å²) in [5.41, 5.74) is 3.09. The summed E-state index contributed by atoms with van der Waals surface area (Å²) in [6, 6.07) is 19.3. The lowest BCUT2D eigenvalue weighted by molar-refractivity contribution is -0.116. The number of carbonyl (C=O) groups is 1. The molecule has 1 amide bonds. The Balaban J connectivity index is 1.50. The standard InChI is InChI=1S/C23H22N2O4S/c1-16-5-3-4-6-23(16)29-20-9-7-19(8-10-20)24-30(27,28)21-11-12-22-18(15-21)13-14-25(22)17(2)26/h3-12,15,24H,13-14H2,1-2H3. The third kappa shape index (κ3) is 4.02. The van der Waals surface area contributed by atoms with Crippen LogP contribution in [0.4, 0.5) is 11.4 Å². The first-order valence-corrected chi connectivity index (χ1v) is 11.1. The Labute approximate surface area is 176 Å². The molecule has 1 aliphatic rings. The van der Waals surface area contributed by atoms with E-state index in [1.807, 2.05) is 31.2 Å². The van der Waals surface area contributed by atoms with Crippen LogP contribution in [0, 0.1) is 6.92 Å². The Morgan fingerprint density at radius 3 is 2.47 bits per heavy atom. The van der Waals surface area contributed by atoms with Gasteiger partial charge in [0.05, 0.1) is 4.90 Å². The Kier molecular flexibility index (Phi) is 5.22. The fourth-order valence-electron chi connectivity index (χ4n) is 3.48. The van der Waals surface area contributed by atoms with E-state index in [4.69, 9.17) is 4.74 Å². The van der Waals surface area contributed by atoms with Crippen LogP contribution in [0.2, 0.25) is 0 Å². The second-order valence-corrected chi connectivity index (χ2v) is 8.89. The molecule has 1 heterocycles. The van der Waals surface area contributed by atoms with Gasteiger partial charge in [-0.25, -0.2) is 8.42 Å². The molecule has 3 aromatic rings. The molecular weight excluding hydrogens is 400 g/mol. The molecule has 0 spiro atoms. The maximum Gasteiger partial charge on any atom is 0.261 e. The van der Waals surface area contributed by atoms with Crippen LogP contribution >= 0.6 is 0 Å². The maximum atomic E-state index is 12.8. The summed E-state index contributed by atoms with van der Waals surface area (Å²) in [6.07, 6.45) is 0.642. The molecule has 0 bridgehead atoms. The zero-order valence-electron chi connectivity index (χ0n) is 16.8. The van der Waals surface area contributed by atoms with Crippen molar-refractivity contribution in [1.82, 2.24) is 0 Å². The molecule has 1 N–H and O–H groups in total. The number of hydrogen-bond donors (Lipinski definition) is 1. The molecule has 1 aliphatic heterocycles. The molecule has 0 aliphatic carbocycles. The zero-order chi connectivity index (χ0) is 21.3. The van der Waals surface area contributed by atoms with Crippen LogP contribution in [-0.2, 0) is 21.2 Å². The quantitative estimate of drug-likeness (QED) is 0.657. The summed E-state index contributed by atoms with van der Waals surface area (Å²) < 4.78 is 34.1. The van der Waals surface area contributed by atoms with Crippen molar-refractivity contribution in [2.45, 2.75) is 25.2 Å². The van der Waals surface area contributed by atoms with Crippen molar-refractivity contribution in [2.24, 2.45) is 0 Å². The molecule has 0 aromatic heterocycles. The van der Waals surface area contributed by atoms with E-state index < -0.39 is 10.0 Å². The number of anilines is 2. The number of nitrogens with one attached hydrogen (secondary N) is 1. The second kappa shape index (κ2) is 7.84. The lowest BCUT2D eigenvalue weighted by Crippen LogP contribution is -2.25. The minimum absolute atomic E-state index is 0.0458. The molecule has 30 heavy (non-hydrogen) atoms. The summed E-state index contributed by atoms with van der Waals surface area (Å²) in [5, 5.41) is 0. The van der Waals surface area contributed by atoms with Gasteiger partial charge in [-0.05, 0) is 73.0 Å². The average Bonchev–Trinajstić information content (AvgIpc) is 3.14. The Hall–Kier alpha value is -3.32. The summed E-state index contributed by atoms with van der Waals surface area (Å²) in [6.45, 7) is 4.04. The summed E-state index contributed by atoms with van der Waals surface area (Å²) >= 11 is 0. The van der Waals surface area contributed by atoms with Gasteiger partial charge in [-0.15, -0.1) is 0 Å². The molecular formula is C23H22N2O4S. The van der Waals surface area contributed by atoms with Gasteiger partial charge < -0.3 is 9.64 Å². The Morgan fingerprint density at radius 2 is 1.77 bits per heavy atom. The number of ether oxygens (including phenoxy) is 1. The predicted molar refractivity (Wildman–Crippen MR) is 117 cm³/mol. The van der Waals surface area contributed by atoms with E-state index in [0.717, 1.165) is 22.6 Å². The average molecular weight is 423 g/mol. The molecule has 0 saturated heterocycles. The van der Waals surface area contributed by atoms with Gasteiger partial charge in [0, 0.05) is 24.8 Å². The van der Waals surface area contributed by atoms with E-state index in [-0.39, 0.29) is 10.8 Å². The monoisotopic (exact) mass is 422 g/mol. The fraction of sp³-hybridized carbons (Fsp3) is 0.174. The Morgan fingerprint density at radius 1 is 1.03 bits per heavy atom. The van der Waals surface area contributed by atoms with E-state index in [9.17, 15) is 13.2 Å². The molecule has 6 nitrogen and oxygen atoms in total.